The first-order chi connectivity index (χ1) is 18.7. The topological polar surface area (TPSA) is 224 Å². The van der Waals surface area contributed by atoms with E-state index in [2.05, 4.69) is 4.98 Å². The fourth-order valence-corrected chi connectivity index (χ4v) is 7.13. The molecule has 6 atom stereocenters. The number of aromatic hydroxyl groups is 1. The van der Waals surface area contributed by atoms with Gasteiger partial charge in [0.05, 0.1) is 28.9 Å². The Kier molecular flexibility index (Phi) is 5.86. The number of pyridine rings is 1. The third kappa shape index (κ3) is 3.22. The second-order valence-electron chi connectivity index (χ2n) is 11.3. The zero-order valence-corrected chi connectivity index (χ0v) is 22.1. The van der Waals surface area contributed by atoms with Crippen LogP contribution >= 0.6 is 0 Å². The summed E-state index contributed by atoms with van der Waals surface area (Å²) in [6.07, 6.45) is 0.954. The number of rotatable bonds is 3. The van der Waals surface area contributed by atoms with Crippen molar-refractivity contribution < 1.29 is 29.1 Å². The maximum Gasteiger partial charge on any atom is 0.235 e. The Morgan fingerprint density at radius 2 is 1.82 bits per heavy atom. The minimum atomic E-state index is -2.78. The minimum Gasteiger partial charge on any atom is -0.507 e. The number of benzene rings is 1. The number of primary amides is 1. The van der Waals surface area contributed by atoms with Gasteiger partial charge < -0.3 is 22.3 Å². The SMILES string of the molecule is Cc1ccnc(-c2ccc(O)c3c2C[C@@]2(N)C[C@@]4(N)[C@H](N(C)C)C(=O)C(C(N)=O)C(=O)[C@@]4(C#N)C(=O)C2C3=O)c1. The molecule has 0 saturated heterocycles. The molecule has 12 heteroatoms. The molecule has 0 radical (unpaired) electrons. The van der Waals surface area contributed by atoms with Crippen LogP contribution in [0.2, 0.25) is 0 Å². The van der Waals surface area contributed by atoms with Crippen LogP contribution in [-0.4, -0.2) is 75.2 Å². The molecule has 0 bridgehead atoms. The number of carbonyl (C=O) groups excluding carboxylic acids is 5. The van der Waals surface area contributed by atoms with Crippen molar-refractivity contribution in [1.29, 1.82) is 5.26 Å². The number of amides is 1. The third-order valence-corrected chi connectivity index (χ3v) is 8.67. The monoisotopic (exact) mass is 544 g/mol. The lowest BCUT2D eigenvalue weighted by atomic mass is 9.42. The van der Waals surface area contributed by atoms with Gasteiger partial charge in [0, 0.05) is 17.3 Å². The van der Waals surface area contributed by atoms with Crippen LogP contribution in [0.1, 0.15) is 27.9 Å². The molecule has 2 unspecified atom stereocenters. The zero-order valence-electron chi connectivity index (χ0n) is 22.1. The van der Waals surface area contributed by atoms with Crippen molar-refractivity contribution in [2.24, 2.45) is 34.5 Å². The molecule has 1 aromatic heterocycles. The predicted octanol–water partition coefficient (Wildman–Crippen LogP) is -0.821. The molecule has 0 aliphatic heterocycles. The largest absolute Gasteiger partial charge is 0.507 e. The lowest BCUT2D eigenvalue weighted by Gasteiger charge is -2.60. The molecule has 2 saturated carbocycles. The van der Waals surface area contributed by atoms with E-state index in [0.29, 0.717) is 16.8 Å². The van der Waals surface area contributed by atoms with E-state index in [4.69, 9.17) is 17.2 Å². The summed E-state index contributed by atoms with van der Waals surface area (Å²) in [5, 5.41) is 21.2. The van der Waals surface area contributed by atoms with E-state index >= 15 is 0 Å². The number of hydrogen-bond donors (Lipinski definition) is 4. The summed E-state index contributed by atoms with van der Waals surface area (Å²) in [4.78, 5) is 73.6. The number of phenols is 1. The van der Waals surface area contributed by atoms with E-state index in [9.17, 15) is 34.3 Å². The maximum atomic E-state index is 14.3. The molecule has 2 fully saturated rings. The normalized spacial score (nSPS) is 33.2. The summed E-state index contributed by atoms with van der Waals surface area (Å²) in [5.41, 5.74) is 14.4. The van der Waals surface area contributed by atoms with Crippen LogP contribution in [0.3, 0.4) is 0 Å². The zero-order chi connectivity index (χ0) is 29.5. The average molecular weight is 545 g/mol. The number of likely N-dealkylation sites (N-methyl/N-ethyl adjacent to an activating group) is 1. The first-order valence-corrected chi connectivity index (χ1v) is 12.6. The summed E-state index contributed by atoms with van der Waals surface area (Å²) in [6.45, 7) is 1.86. The van der Waals surface area contributed by atoms with Gasteiger partial charge in [0.2, 0.25) is 5.91 Å². The molecule has 206 valence electrons. The Morgan fingerprint density at radius 3 is 2.40 bits per heavy atom. The highest BCUT2D eigenvalue weighted by atomic mass is 16.3. The molecule has 2 aromatic rings. The molecular formula is C28H28N6O6. The quantitative estimate of drug-likeness (QED) is 0.349. The number of carbonyl (C=O) groups is 5. The van der Waals surface area contributed by atoms with Crippen LogP contribution in [0, 0.1) is 35.5 Å². The van der Waals surface area contributed by atoms with Gasteiger partial charge in [-0.1, -0.05) is 0 Å². The molecule has 12 nitrogen and oxygen atoms in total. The van der Waals surface area contributed by atoms with Crippen LogP contribution in [0.4, 0.5) is 0 Å². The predicted molar refractivity (Wildman–Crippen MR) is 139 cm³/mol. The van der Waals surface area contributed by atoms with Gasteiger partial charge in [0.25, 0.3) is 0 Å². The highest BCUT2D eigenvalue weighted by Crippen LogP contribution is 2.56. The average Bonchev–Trinajstić information content (AvgIpc) is 2.83. The minimum absolute atomic E-state index is 0.161. The number of aryl methyl sites for hydroxylation is 1. The van der Waals surface area contributed by atoms with E-state index in [1.54, 1.807) is 30.5 Å². The molecule has 40 heavy (non-hydrogen) atoms. The van der Waals surface area contributed by atoms with Gasteiger partial charge in [-0.3, -0.25) is 33.9 Å². The summed E-state index contributed by atoms with van der Waals surface area (Å²) < 4.78 is 0. The van der Waals surface area contributed by atoms with Crippen molar-refractivity contribution in [2.45, 2.75) is 36.9 Å². The van der Waals surface area contributed by atoms with E-state index in [-0.39, 0.29) is 12.0 Å². The fraction of sp³-hybridized carbons (Fsp3) is 0.393. The molecule has 5 rings (SSSR count). The number of phenolic OH excluding ortho intramolecular Hbond substituents is 1. The van der Waals surface area contributed by atoms with Crippen LogP contribution in [0.25, 0.3) is 11.3 Å². The molecule has 1 amide bonds. The lowest BCUT2D eigenvalue weighted by Crippen LogP contribution is -2.85. The van der Waals surface area contributed by atoms with E-state index in [1.807, 2.05) is 6.92 Å². The first kappa shape index (κ1) is 27.3. The summed E-state index contributed by atoms with van der Waals surface area (Å²) in [7, 11) is 2.90. The Hall–Kier alpha value is -4.31. The Morgan fingerprint density at radius 1 is 1.15 bits per heavy atom. The van der Waals surface area contributed by atoms with Crippen molar-refractivity contribution in [3.05, 3.63) is 47.2 Å². The summed E-state index contributed by atoms with van der Waals surface area (Å²) >= 11 is 0. The number of nitrogens with zero attached hydrogens (tertiary/aromatic N) is 3. The number of aromatic nitrogens is 1. The van der Waals surface area contributed by atoms with Crippen molar-refractivity contribution in [3.63, 3.8) is 0 Å². The van der Waals surface area contributed by atoms with Crippen LogP contribution in [0.5, 0.6) is 5.75 Å². The van der Waals surface area contributed by atoms with E-state index < -0.39 is 75.6 Å². The number of nitriles is 1. The standard InChI is InChI=1S/C28H28N6O6/c1-12-6-7-33-15(8-12)13-4-5-16(35)17-14(13)9-26(31)10-28(32)22(34(2)3)21(37)18(25(30)40)23(38)27(28,11-29)24(39)19(26)20(17)36/h4-8,18-19,22,35H,9-10,31-32H2,1-3H3,(H2,30,40)/t18?,19?,22-,26-,27+,28-/m1/s1. The highest BCUT2D eigenvalue weighted by molar-refractivity contribution is 6.33. The van der Waals surface area contributed by atoms with Gasteiger partial charge >= 0.3 is 0 Å². The lowest BCUT2D eigenvalue weighted by molar-refractivity contribution is -0.166. The molecule has 1 aromatic carbocycles. The number of fused-ring (bicyclic) bond motifs is 3. The van der Waals surface area contributed by atoms with Crippen LogP contribution in [0.15, 0.2) is 30.5 Å². The van der Waals surface area contributed by atoms with Gasteiger partial charge in [-0.2, -0.15) is 5.26 Å². The Bertz CT molecular complexity index is 1600. The van der Waals surface area contributed by atoms with Crippen molar-refractivity contribution in [2.75, 3.05) is 14.1 Å². The number of Topliss-reactive ketones (excluding diaryl/α,β-unsaturated/α-hetero) is 4. The molecule has 7 N–H and O–H groups in total. The van der Waals surface area contributed by atoms with Crippen LogP contribution < -0.4 is 17.2 Å². The van der Waals surface area contributed by atoms with Gasteiger partial charge in [0.15, 0.2) is 34.5 Å². The molecule has 1 heterocycles. The Balaban J connectivity index is 1.78. The number of ketones is 4. The van der Waals surface area contributed by atoms with Gasteiger partial charge in [-0.15, -0.1) is 0 Å². The van der Waals surface area contributed by atoms with Gasteiger partial charge in [-0.25, -0.2) is 0 Å². The van der Waals surface area contributed by atoms with Gasteiger partial charge in [0.1, 0.15) is 11.7 Å². The number of hydrogen-bond acceptors (Lipinski definition) is 11. The molecule has 0 spiro atoms. The van der Waals surface area contributed by atoms with Crippen molar-refractivity contribution in [3.8, 4) is 23.1 Å². The second kappa shape index (κ2) is 8.59. The smallest absolute Gasteiger partial charge is 0.235 e. The molecular weight excluding hydrogens is 516 g/mol. The van der Waals surface area contributed by atoms with E-state index in [0.717, 1.165) is 5.56 Å². The Labute approximate surface area is 229 Å². The molecule has 3 aliphatic carbocycles. The van der Waals surface area contributed by atoms with E-state index in [1.165, 1.54) is 25.1 Å². The van der Waals surface area contributed by atoms with Crippen molar-refractivity contribution in [1.82, 2.24) is 9.88 Å². The third-order valence-electron chi connectivity index (χ3n) is 8.67. The summed E-state index contributed by atoms with van der Waals surface area (Å²) in [6, 6.07) is 6.70. The first-order valence-electron chi connectivity index (χ1n) is 12.6. The maximum absolute atomic E-state index is 14.3. The van der Waals surface area contributed by atoms with Gasteiger partial charge in [-0.05, 0) is 69.3 Å². The second-order valence-corrected chi connectivity index (χ2v) is 11.3. The summed E-state index contributed by atoms with van der Waals surface area (Å²) in [5.74, 6) is -10.0. The molecule has 3 aliphatic rings. The number of nitrogens with two attached hydrogens (primary N) is 3. The van der Waals surface area contributed by atoms with Crippen molar-refractivity contribution >= 4 is 29.0 Å². The van der Waals surface area contributed by atoms with Crippen LogP contribution in [-0.2, 0) is 25.6 Å². The highest BCUT2D eigenvalue weighted by Gasteiger charge is 2.78. The fourth-order valence-electron chi connectivity index (χ4n) is 7.13.